The number of aliphatic hydroxyl groups excluding tert-OH is 1. The minimum absolute atomic E-state index is 0.00709. The summed E-state index contributed by atoms with van der Waals surface area (Å²) in [5.41, 5.74) is 7.38. The Labute approximate surface area is 212 Å². The van der Waals surface area contributed by atoms with Gasteiger partial charge in [-0.15, -0.1) is 5.10 Å². The summed E-state index contributed by atoms with van der Waals surface area (Å²) in [6.45, 7) is -0.387. The Kier molecular flexibility index (Phi) is 7.15. The van der Waals surface area contributed by atoms with Crippen molar-refractivity contribution in [3.05, 3.63) is 42.2 Å². The van der Waals surface area contributed by atoms with E-state index >= 15 is 0 Å². The molecule has 3 aromatic heterocycles. The minimum Gasteiger partial charge on any atom is -0.394 e. The zero-order valence-corrected chi connectivity index (χ0v) is 20.2. The Balaban J connectivity index is 1.31. The van der Waals surface area contributed by atoms with Crippen LogP contribution in [0.2, 0.25) is 0 Å². The second-order valence-corrected chi connectivity index (χ2v) is 9.55. The second kappa shape index (κ2) is 10.6. The monoisotopic (exact) mass is 511 g/mol. The predicted octanol–water partition coefficient (Wildman–Crippen LogP) is 1.25. The fourth-order valence-electron chi connectivity index (χ4n) is 4.41. The van der Waals surface area contributed by atoms with E-state index in [-0.39, 0.29) is 36.0 Å². The molecule has 2 aliphatic rings. The number of amides is 2. The van der Waals surface area contributed by atoms with Crippen LogP contribution >= 0.6 is 0 Å². The number of carbonyl (C=O) groups excluding carboxylic acids is 2. The maximum absolute atomic E-state index is 13.5. The van der Waals surface area contributed by atoms with Crippen molar-refractivity contribution in [3.63, 3.8) is 0 Å². The molecule has 5 rings (SSSR count). The summed E-state index contributed by atoms with van der Waals surface area (Å²) in [5, 5.41) is 26.2. The van der Waals surface area contributed by atoms with Gasteiger partial charge in [0, 0.05) is 42.1 Å². The molecular formula is C24H30FN9O3. The van der Waals surface area contributed by atoms with E-state index in [2.05, 4.69) is 36.3 Å². The molecule has 37 heavy (non-hydrogen) atoms. The van der Waals surface area contributed by atoms with Crippen LogP contribution in [0.5, 0.6) is 0 Å². The lowest BCUT2D eigenvalue weighted by atomic mass is 9.91. The van der Waals surface area contributed by atoms with Crippen LogP contribution in [-0.2, 0) is 4.79 Å². The molecule has 0 aliphatic heterocycles. The summed E-state index contributed by atoms with van der Waals surface area (Å²) in [6.07, 6.45) is 7.98. The molecule has 0 unspecified atom stereocenters. The standard InChI is InChI=1S/C24H30FN9O3/c25-20-9-16(7-8-27-20)32-24(37)19-11-28-22-18(29-13-1-2-13)10-21(33-34(19)22)30-14-3-5-15(6-4-14)31-23(36)17(26)12-35/h7-11,13-15,17,29,35H,1-6,12,26H2,(H,30,33)(H,31,36)(H,27,32,37)/t14?,15?,17-/m0/s1. The highest BCUT2D eigenvalue weighted by atomic mass is 19.1. The summed E-state index contributed by atoms with van der Waals surface area (Å²) < 4.78 is 14.9. The lowest BCUT2D eigenvalue weighted by Crippen LogP contribution is -2.48. The maximum atomic E-state index is 13.5. The largest absolute Gasteiger partial charge is 0.394 e. The van der Waals surface area contributed by atoms with Gasteiger partial charge in [0.1, 0.15) is 11.9 Å². The van der Waals surface area contributed by atoms with Gasteiger partial charge in [0.2, 0.25) is 11.9 Å². The van der Waals surface area contributed by atoms with E-state index in [9.17, 15) is 14.0 Å². The highest BCUT2D eigenvalue weighted by molar-refractivity contribution is 6.03. The number of nitrogens with two attached hydrogens (primary N) is 1. The zero-order valence-electron chi connectivity index (χ0n) is 20.2. The SMILES string of the molecule is N[C@@H](CO)C(=O)NC1CCC(Nc2cc(NC3CC3)c3ncc(C(=O)Nc4ccnc(F)c4)n3n2)CC1. The Morgan fingerprint density at radius 1 is 1.08 bits per heavy atom. The van der Waals surface area contributed by atoms with Crippen LogP contribution in [-0.4, -0.2) is 67.3 Å². The third-order valence-electron chi connectivity index (χ3n) is 6.58. The van der Waals surface area contributed by atoms with E-state index in [0.29, 0.717) is 17.5 Å². The molecule has 2 saturated carbocycles. The average Bonchev–Trinajstić information content (AvgIpc) is 3.59. The lowest BCUT2D eigenvalue weighted by molar-refractivity contribution is -0.124. The van der Waals surface area contributed by atoms with E-state index < -0.39 is 17.9 Å². The van der Waals surface area contributed by atoms with Gasteiger partial charge in [-0.2, -0.15) is 4.39 Å². The second-order valence-electron chi connectivity index (χ2n) is 9.55. The summed E-state index contributed by atoms with van der Waals surface area (Å²) in [5.74, 6) is -0.922. The first-order chi connectivity index (χ1) is 17.9. The molecule has 0 radical (unpaired) electrons. The fraction of sp³-hybridized carbons (Fsp3) is 0.458. The molecular weight excluding hydrogens is 481 g/mol. The molecule has 196 valence electrons. The molecule has 0 aromatic carbocycles. The first-order valence-electron chi connectivity index (χ1n) is 12.4. The number of halogens is 1. The first kappa shape index (κ1) is 24.8. The Bertz CT molecular complexity index is 1290. The topological polar surface area (TPSA) is 172 Å². The van der Waals surface area contributed by atoms with Crippen LogP contribution in [0, 0.1) is 5.95 Å². The average molecular weight is 512 g/mol. The van der Waals surface area contributed by atoms with Crippen molar-refractivity contribution in [1.29, 1.82) is 0 Å². The molecule has 2 aliphatic carbocycles. The van der Waals surface area contributed by atoms with Crippen molar-refractivity contribution >= 4 is 34.7 Å². The van der Waals surface area contributed by atoms with Crippen LogP contribution in [0.25, 0.3) is 5.65 Å². The van der Waals surface area contributed by atoms with Crippen molar-refractivity contribution in [3.8, 4) is 0 Å². The van der Waals surface area contributed by atoms with Crippen molar-refractivity contribution in [1.82, 2.24) is 24.9 Å². The number of pyridine rings is 1. The normalized spacial score (nSPS) is 20.3. The molecule has 0 saturated heterocycles. The molecule has 3 aromatic rings. The number of anilines is 3. The Hall–Kier alpha value is -3.84. The van der Waals surface area contributed by atoms with E-state index in [1.54, 1.807) is 0 Å². The summed E-state index contributed by atoms with van der Waals surface area (Å²) in [4.78, 5) is 32.9. The van der Waals surface area contributed by atoms with Crippen LogP contribution < -0.4 is 27.0 Å². The van der Waals surface area contributed by atoms with E-state index in [1.807, 2.05) is 6.07 Å². The summed E-state index contributed by atoms with van der Waals surface area (Å²) >= 11 is 0. The van der Waals surface area contributed by atoms with Gasteiger partial charge < -0.3 is 32.1 Å². The van der Waals surface area contributed by atoms with E-state index in [1.165, 1.54) is 23.0 Å². The van der Waals surface area contributed by atoms with Gasteiger partial charge in [-0.25, -0.2) is 14.5 Å². The van der Waals surface area contributed by atoms with Crippen molar-refractivity contribution in [2.24, 2.45) is 5.73 Å². The van der Waals surface area contributed by atoms with Crippen molar-refractivity contribution in [2.45, 2.75) is 62.7 Å². The molecule has 12 nitrogen and oxygen atoms in total. The number of hydrogen-bond donors (Lipinski definition) is 6. The molecule has 0 bridgehead atoms. The third-order valence-corrected chi connectivity index (χ3v) is 6.58. The van der Waals surface area contributed by atoms with Gasteiger partial charge in [0.05, 0.1) is 18.5 Å². The Morgan fingerprint density at radius 2 is 1.78 bits per heavy atom. The lowest BCUT2D eigenvalue weighted by Gasteiger charge is -2.30. The Morgan fingerprint density at radius 3 is 2.49 bits per heavy atom. The molecule has 2 fully saturated rings. The first-order valence-corrected chi connectivity index (χ1v) is 12.4. The molecule has 7 N–H and O–H groups in total. The van der Waals surface area contributed by atoms with Gasteiger partial charge in [0.25, 0.3) is 5.91 Å². The van der Waals surface area contributed by atoms with Crippen LogP contribution in [0.15, 0.2) is 30.6 Å². The quantitative estimate of drug-likeness (QED) is 0.231. The van der Waals surface area contributed by atoms with Crippen LogP contribution in [0.4, 0.5) is 21.6 Å². The highest BCUT2D eigenvalue weighted by Gasteiger charge is 2.27. The minimum atomic E-state index is -0.914. The number of carbonyl (C=O) groups is 2. The smallest absolute Gasteiger partial charge is 0.276 e. The summed E-state index contributed by atoms with van der Waals surface area (Å²) in [6, 6.07) is 4.11. The van der Waals surface area contributed by atoms with Crippen molar-refractivity contribution < 1.29 is 19.1 Å². The number of aliphatic hydroxyl groups is 1. The third kappa shape index (κ3) is 5.94. The number of hydrogen-bond acceptors (Lipinski definition) is 9. The number of aromatic nitrogens is 4. The molecule has 1 atom stereocenters. The van der Waals surface area contributed by atoms with E-state index in [4.69, 9.17) is 10.8 Å². The van der Waals surface area contributed by atoms with Gasteiger partial charge in [0.15, 0.2) is 11.3 Å². The number of nitrogens with zero attached hydrogens (tertiary/aromatic N) is 4. The molecule has 3 heterocycles. The number of rotatable bonds is 9. The van der Waals surface area contributed by atoms with E-state index in [0.717, 1.165) is 50.3 Å². The number of nitrogens with one attached hydrogen (secondary N) is 4. The maximum Gasteiger partial charge on any atom is 0.276 e. The van der Waals surface area contributed by atoms with Gasteiger partial charge >= 0.3 is 0 Å². The van der Waals surface area contributed by atoms with Gasteiger partial charge in [-0.3, -0.25) is 9.59 Å². The van der Waals surface area contributed by atoms with Gasteiger partial charge in [-0.05, 0) is 44.6 Å². The highest BCUT2D eigenvalue weighted by Crippen LogP contribution is 2.30. The molecule has 2 amide bonds. The summed E-state index contributed by atoms with van der Waals surface area (Å²) in [7, 11) is 0. The zero-order chi connectivity index (χ0) is 25.9. The fourth-order valence-corrected chi connectivity index (χ4v) is 4.41. The number of imidazole rings is 1. The van der Waals surface area contributed by atoms with Crippen LogP contribution in [0.3, 0.4) is 0 Å². The van der Waals surface area contributed by atoms with Gasteiger partial charge in [-0.1, -0.05) is 0 Å². The van der Waals surface area contributed by atoms with Crippen LogP contribution in [0.1, 0.15) is 49.0 Å². The number of fused-ring (bicyclic) bond motifs is 1. The molecule has 0 spiro atoms. The van der Waals surface area contributed by atoms with Crippen molar-refractivity contribution in [2.75, 3.05) is 22.6 Å². The predicted molar refractivity (Wildman–Crippen MR) is 135 cm³/mol. The molecule has 13 heteroatoms.